The molecule has 0 spiro atoms. The van der Waals surface area contributed by atoms with Crippen LogP contribution < -0.4 is 5.73 Å². The van der Waals surface area contributed by atoms with Gasteiger partial charge in [0.25, 0.3) is 0 Å². The van der Waals surface area contributed by atoms with Gasteiger partial charge in [-0.05, 0) is 5.56 Å². The second kappa shape index (κ2) is 4.95. The number of rotatable bonds is 3. The van der Waals surface area contributed by atoms with E-state index in [0.29, 0.717) is 13.2 Å². The first-order chi connectivity index (χ1) is 8.75. The highest BCUT2D eigenvalue weighted by Crippen LogP contribution is 2.29. The molecule has 2 heterocycles. The van der Waals surface area contributed by atoms with Crippen LogP contribution in [0.5, 0.6) is 0 Å². The van der Waals surface area contributed by atoms with Crippen molar-refractivity contribution in [2.24, 2.45) is 5.73 Å². The van der Waals surface area contributed by atoms with Crippen molar-refractivity contribution in [1.29, 1.82) is 0 Å². The molecule has 98 valence electrons. The highest BCUT2D eigenvalue weighted by Gasteiger charge is 2.49. The summed E-state index contributed by atoms with van der Waals surface area (Å²) < 4.78 is 16.7. The zero-order chi connectivity index (χ0) is 12.5. The summed E-state index contributed by atoms with van der Waals surface area (Å²) in [5.41, 5.74) is 6.89. The summed E-state index contributed by atoms with van der Waals surface area (Å²) in [6.45, 7) is 0.856. The van der Waals surface area contributed by atoms with Crippen LogP contribution in [0.15, 0.2) is 30.3 Å². The summed E-state index contributed by atoms with van der Waals surface area (Å²) >= 11 is 0. The Morgan fingerprint density at radius 1 is 1.33 bits per heavy atom. The molecular formula is C13H17NO4. The van der Waals surface area contributed by atoms with E-state index in [1.165, 1.54) is 0 Å². The van der Waals surface area contributed by atoms with E-state index in [2.05, 4.69) is 0 Å². The number of hydrogen-bond donors (Lipinski definition) is 2. The van der Waals surface area contributed by atoms with Gasteiger partial charge in [0.1, 0.15) is 18.3 Å². The number of aliphatic hydroxyl groups excluding tert-OH is 1. The predicted octanol–water partition coefficient (Wildman–Crippen LogP) is 0.0151. The van der Waals surface area contributed by atoms with E-state index >= 15 is 0 Å². The van der Waals surface area contributed by atoms with E-state index in [1.807, 2.05) is 30.3 Å². The molecule has 3 rings (SSSR count). The number of fused-ring (bicyclic) bond motifs is 2. The quantitative estimate of drug-likeness (QED) is 0.792. The van der Waals surface area contributed by atoms with Gasteiger partial charge in [-0.25, -0.2) is 0 Å². The van der Waals surface area contributed by atoms with E-state index in [4.69, 9.17) is 19.9 Å². The van der Waals surface area contributed by atoms with Gasteiger partial charge in [0.2, 0.25) is 0 Å². The molecule has 0 unspecified atom stereocenters. The topological polar surface area (TPSA) is 73.9 Å². The van der Waals surface area contributed by atoms with Gasteiger partial charge >= 0.3 is 0 Å². The SMILES string of the molecule is N[C@H]1[C@@H]2OC[C@@H](O2)[C@@H](OCc2ccccc2)[C@H]1O. The van der Waals surface area contributed by atoms with Crippen LogP contribution in [0.2, 0.25) is 0 Å². The van der Waals surface area contributed by atoms with Crippen LogP contribution in [-0.2, 0) is 20.8 Å². The van der Waals surface area contributed by atoms with Crippen molar-refractivity contribution >= 4 is 0 Å². The molecule has 0 saturated carbocycles. The van der Waals surface area contributed by atoms with E-state index < -0.39 is 24.5 Å². The Labute approximate surface area is 105 Å². The third-order valence-corrected chi connectivity index (χ3v) is 3.43. The minimum Gasteiger partial charge on any atom is -0.388 e. The fraction of sp³-hybridized carbons (Fsp3) is 0.538. The first-order valence-electron chi connectivity index (χ1n) is 6.12. The Morgan fingerprint density at radius 3 is 2.89 bits per heavy atom. The van der Waals surface area contributed by atoms with Crippen molar-refractivity contribution in [3.05, 3.63) is 35.9 Å². The van der Waals surface area contributed by atoms with Crippen LogP contribution in [-0.4, -0.2) is 42.4 Å². The second-order valence-corrected chi connectivity index (χ2v) is 4.71. The third-order valence-electron chi connectivity index (χ3n) is 3.43. The maximum Gasteiger partial charge on any atom is 0.175 e. The van der Waals surface area contributed by atoms with Crippen LogP contribution in [0.3, 0.4) is 0 Å². The minimum absolute atomic E-state index is 0.228. The molecule has 18 heavy (non-hydrogen) atoms. The lowest BCUT2D eigenvalue weighted by Gasteiger charge is -2.36. The zero-order valence-corrected chi connectivity index (χ0v) is 9.94. The van der Waals surface area contributed by atoms with Crippen LogP contribution in [0, 0.1) is 0 Å². The van der Waals surface area contributed by atoms with Crippen molar-refractivity contribution in [3.63, 3.8) is 0 Å². The van der Waals surface area contributed by atoms with Crippen LogP contribution in [0.25, 0.3) is 0 Å². The van der Waals surface area contributed by atoms with Crippen LogP contribution in [0.4, 0.5) is 0 Å². The highest BCUT2D eigenvalue weighted by molar-refractivity contribution is 5.13. The Bertz CT molecular complexity index is 399. The summed E-state index contributed by atoms with van der Waals surface area (Å²) in [4.78, 5) is 0. The van der Waals surface area contributed by atoms with Gasteiger partial charge in [-0.3, -0.25) is 0 Å². The van der Waals surface area contributed by atoms with Crippen molar-refractivity contribution in [3.8, 4) is 0 Å². The van der Waals surface area contributed by atoms with Crippen LogP contribution in [0.1, 0.15) is 5.56 Å². The maximum absolute atomic E-state index is 10.1. The van der Waals surface area contributed by atoms with E-state index in [1.54, 1.807) is 0 Å². The summed E-state index contributed by atoms with van der Waals surface area (Å²) in [5.74, 6) is 0. The standard InChI is InChI=1S/C13H17NO4/c14-10-11(15)12(9-7-17-13(10)18-9)16-6-8-4-2-1-3-5-8/h1-5,9-13,15H,6-7,14H2/t9-,10-,11+,12-,13-/m1/s1. The molecular weight excluding hydrogens is 234 g/mol. The molecule has 2 saturated heterocycles. The highest BCUT2D eigenvalue weighted by atomic mass is 16.7. The molecule has 5 heteroatoms. The first-order valence-corrected chi connectivity index (χ1v) is 6.12. The molecule has 2 fully saturated rings. The average Bonchev–Trinajstić information content (AvgIpc) is 2.84. The minimum atomic E-state index is -0.750. The Kier molecular flexibility index (Phi) is 3.32. The van der Waals surface area contributed by atoms with Crippen molar-refractivity contribution in [1.82, 2.24) is 0 Å². The summed E-state index contributed by atoms with van der Waals surface area (Å²) in [6.07, 6.45) is -1.91. The third kappa shape index (κ3) is 2.15. The zero-order valence-electron chi connectivity index (χ0n) is 9.94. The van der Waals surface area contributed by atoms with Gasteiger partial charge in [-0.2, -0.15) is 0 Å². The fourth-order valence-corrected chi connectivity index (χ4v) is 2.39. The monoisotopic (exact) mass is 251 g/mol. The smallest absolute Gasteiger partial charge is 0.175 e. The lowest BCUT2D eigenvalue weighted by atomic mass is 9.99. The lowest BCUT2D eigenvalue weighted by molar-refractivity contribution is -0.195. The summed E-state index contributed by atoms with van der Waals surface area (Å²) in [5, 5.41) is 10.1. The van der Waals surface area contributed by atoms with Gasteiger partial charge in [0.05, 0.1) is 19.3 Å². The van der Waals surface area contributed by atoms with Gasteiger partial charge in [0.15, 0.2) is 6.29 Å². The normalized spacial score (nSPS) is 38.9. The lowest BCUT2D eigenvalue weighted by Crippen LogP contribution is -2.58. The fourth-order valence-electron chi connectivity index (χ4n) is 2.39. The van der Waals surface area contributed by atoms with E-state index in [-0.39, 0.29) is 6.10 Å². The maximum atomic E-state index is 10.1. The number of hydrogen-bond acceptors (Lipinski definition) is 5. The van der Waals surface area contributed by atoms with E-state index in [9.17, 15) is 5.11 Å². The molecule has 0 aromatic heterocycles. The molecule has 3 N–H and O–H groups in total. The van der Waals surface area contributed by atoms with Gasteiger partial charge in [0, 0.05) is 0 Å². The summed E-state index contributed by atoms with van der Waals surface area (Å²) in [6, 6.07) is 9.26. The Morgan fingerprint density at radius 2 is 2.11 bits per heavy atom. The molecule has 0 radical (unpaired) electrons. The van der Waals surface area contributed by atoms with E-state index in [0.717, 1.165) is 5.56 Å². The Balaban J connectivity index is 1.65. The Hall–Kier alpha value is -0.980. The summed E-state index contributed by atoms with van der Waals surface area (Å²) in [7, 11) is 0. The molecule has 1 aromatic carbocycles. The van der Waals surface area contributed by atoms with Gasteiger partial charge in [-0.1, -0.05) is 30.3 Å². The molecule has 2 aliphatic heterocycles. The van der Waals surface area contributed by atoms with Crippen LogP contribution >= 0.6 is 0 Å². The average molecular weight is 251 g/mol. The molecule has 1 aromatic rings. The molecule has 2 aliphatic rings. The van der Waals surface area contributed by atoms with Crippen molar-refractivity contribution in [2.45, 2.75) is 37.3 Å². The van der Waals surface area contributed by atoms with Crippen molar-refractivity contribution in [2.75, 3.05) is 6.61 Å². The number of aliphatic hydroxyl groups is 1. The number of nitrogens with two attached hydrogens (primary N) is 1. The second-order valence-electron chi connectivity index (χ2n) is 4.71. The first kappa shape index (κ1) is 12.1. The molecule has 5 atom stereocenters. The molecule has 0 aliphatic carbocycles. The number of benzene rings is 1. The molecule has 0 amide bonds. The molecule has 5 nitrogen and oxygen atoms in total. The molecule has 2 bridgehead atoms. The van der Waals surface area contributed by atoms with Gasteiger partial charge in [-0.15, -0.1) is 0 Å². The van der Waals surface area contributed by atoms with Crippen molar-refractivity contribution < 1.29 is 19.3 Å². The largest absolute Gasteiger partial charge is 0.388 e. The number of ether oxygens (including phenoxy) is 3. The van der Waals surface area contributed by atoms with Gasteiger partial charge < -0.3 is 25.1 Å². The predicted molar refractivity (Wildman–Crippen MR) is 63.6 cm³/mol.